The monoisotopic (exact) mass is 354 g/mol. The van der Waals surface area contributed by atoms with E-state index in [1.165, 1.54) is 0 Å². The summed E-state index contributed by atoms with van der Waals surface area (Å²) in [6, 6.07) is 9.74. The number of anilines is 1. The largest absolute Gasteiger partial charge is 0.497 e. The van der Waals surface area contributed by atoms with Crippen molar-refractivity contribution in [3.05, 3.63) is 42.4 Å². The number of aryl methyl sites for hydroxylation is 1. The van der Waals surface area contributed by atoms with Gasteiger partial charge in [-0.3, -0.25) is 4.79 Å². The fourth-order valence-electron chi connectivity index (χ4n) is 3.73. The SMILES string of the molecule is COc1cccc(OCC(=O)N2C3CC2CN(c2cc(C)ncn2)C3)c1. The van der Waals surface area contributed by atoms with Gasteiger partial charge in [-0.2, -0.15) is 0 Å². The Bertz CT molecular complexity index is 801. The lowest BCUT2D eigenvalue weighted by molar-refractivity contribution is -0.148. The molecular formula is C19H22N4O3. The number of hydrogen-bond donors (Lipinski definition) is 0. The van der Waals surface area contributed by atoms with Gasteiger partial charge in [0.2, 0.25) is 0 Å². The molecule has 5 rings (SSSR count). The molecule has 2 atom stereocenters. The summed E-state index contributed by atoms with van der Waals surface area (Å²) in [4.78, 5) is 25.3. The van der Waals surface area contributed by atoms with Gasteiger partial charge in [0.05, 0.1) is 19.2 Å². The van der Waals surface area contributed by atoms with Crippen molar-refractivity contribution >= 4 is 11.7 Å². The second kappa shape index (κ2) is 6.82. The molecule has 2 bridgehead atoms. The summed E-state index contributed by atoms with van der Waals surface area (Å²) in [5.41, 5.74) is 0.953. The highest BCUT2D eigenvalue weighted by Gasteiger charge is 2.47. The molecule has 0 N–H and O–H groups in total. The molecule has 2 aromatic rings. The summed E-state index contributed by atoms with van der Waals surface area (Å²) in [5.74, 6) is 2.33. The van der Waals surface area contributed by atoms with Crippen molar-refractivity contribution in [2.24, 2.45) is 0 Å². The van der Waals surface area contributed by atoms with Crippen molar-refractivity contribution in [1.82, 2.24) is 14.9 Å². The zero-order valence-corrected chi connectivity index (χ0v) is 15.0. The second-order valence-electron chi connectivity index (χ2n) is 6.73. The predicted octanol–water partition coefficient (Wildman–Crippen LogP) is 1.66. The highest BCUT2D eigenvalue weighted by molar-refractivity contribution is 5.80. The third-order valence-electron chi connectivity index (χ3n) is 5.00. The van der Waals surface area contributed by atoms with E-state index in [9.17, 15) is 4.79 Å². The van der Waals surface area contributed by atoms with Gasteiger partial charge in [0, 0.05) is 30.9 Å². The van der Waals surface area contributed by atoms with Crippen LogP contribution >= 0.6 is 0 Å². The third kappa shape index (κ3) is 3.16. The van der Waals surface area contributed by atoms with E-state index < -0.39 is 0 Å². The lowest BCUT2D eigenvalue weighted by Crippen LogP contribution is -2.71. The van der Waals surface area contributed by atoms with Crippen LogP contribution in [0.1, 0.15) is 12.1 Å². The molecule has 3 aliphatic rings. The molecule has 4 heterocycles. The van der Waals surface area contributed by atoms with Crippen LogP contribution in [-0.2, 0) is 4.79 Å². The van der Waals surface area contributed by atoms with Crippen LogP contribution in [0.3, 0.4) is 0 Å². The van der Waals surface area contributed by atoms with Crippen LogP contribution in [0.15, 0.2) is 36.7 Å². The Kier molecular flexibility index (Phi) is 4.36. The number of piperazine rings is 1. The maximum atomic E-state index is 12.6. The number of amides is 1. The summed E-state index contributed by atoms with van der Waals surface area (Å²) >= 11 is 0. The average molecular weight is 354 g/mol. The van der Waals surface area contributed by atoms with E-state index in [-0.39, 0.29) is 24.6 Å². The maximum absolute atomic E-state index is 12.6. The van der Waals surface area contributed by atoms with E-state index >= 15 is 0 Å². The molecule has 0 spiro atoms. The number of carbonyl (C=O) groups excluding carboxylic acids is 1. The molecule has 2 unspecified atom stereocenters. The Morgan fingerprint density at radius 2 is 1.96 bits per heavy atom. The zero-order valence-electron chi connectivity index (χ0n) is 15.0. The molecule has 1 aromatic carbocycles. The van der Waals surface area contributed by atoms with Gasteiger partial charge in [-0.15, -0.1) is 0 Å². The molecule has 0 saturated carbocycles. The maximum Gasteiger partial charge on any atom is 0.261 e. The Labute approximate surface area is 152 Å². The number of aromatic nitrogens is 2. The molecule has 0 radical (unpaired) electrons. The van der Waals surface area contributed by atoms with Gasteiger partial charge in [0.25, 0.3) is 5.91 Å². The standard InChI is InChI=1S/C19H22N4O3/c1-13-6-18(21-12-20-13)22-9-14-7-15(10-22)23(14)19(24)11-26-17-5-3-4-16(8-17)25-2/h3-6,8,12,14-15H,7,9-11H2,1-2H3. The first-order chi connectivity index (χ1) is 12.6. The summed E-state index contributed by atoms with van der Waals surface area (Å²) in [6.07, 6.45) is 2.64. The van der Waals surface area contributed by atoms with Crippen LogP contribution in [0, 0.1) is 6.92 Å². The molecule has 3 aliphatic heterocycles. The first kappa shape index (κ1) is 16.6. The number of nitrogens with zero attached hydrogens (tertiary/aromatic N) is 4. The van der Waals surface area contributed by atoms with E-state index in [1.807, 2.05) is 36.1 Å². The van der Waals surface area contributed by atoms with Crippen molar-refractivity contribution in [1.29, 1.82) is 0 Å². The summed E-state index contributed by atoms with van der Waals surface area (Å²) in [7, 11) is 1.61. The van der Waals surface area contributed by atoms with Crippen LogP contribution < -0.4 is 14.4 Å². The molecule has 1 amide bonds. The minimum atomic E-state index is 0.0348. The molecule has 3 fully saturated rings. The number of benzene rings is 1. The predicted molar refractivity (Wildman–Crippen MR) is 96.5 cm³/mol. The topological polar surface area (TPSA) is 67.8 Å². The molecule has 7 heteroatoms. The molecule has 1 aromatic heterocycles. The van der Waals surface area contributed by atoms with E-state index in [2.05, 4.69) is 14.9 Å². The van der Waals surface area contributed by atoms with Crippen LogP contribution in [0.25, 0.3) is 0 Å². The molecule has 136 valence electrons. The lowest BCUT2D eigenvalue weighted by Gasteiger charge is -2.56. The van der Waals surface area contributed by atoms with Gasteiger partial charge in [-0.1, -0.05) is 6.07 Å². The molecule has 3 saturated heterocycles. The number of rotatable bonds is 5. The van der Waals surface area contributed by atoms with Gasteiger partial charge in [0.15, 0.2) is 6.61 Å². The van der Waals surface area contributed by atoms with Crippen molar-refractivity contribution in [2.75, 3.05) is 31.7 Å². The fraction of sp³-hybridized carbons (Fsp3) is 0.421. The smallest absolute Gasteiger partial charge is 0.261 e. The Morgan fingerprint density at radius 1 is 1.19 bits per heavy atom. The van der Waals surface area contributed by atoms with Crippen molar-refractivity contribution in [3.63, 3.8) is 0 Å². The number of piperidine rings is 1. The van der Waals surface area contributed by atoms with E-state index in [0.717, 1.165) is 31.0 Å². The van der Waals surface area contributed by atoms with Crippen LogP contribution in [0.5, 0.6) is 11.5 Å². The quantitative estimate of drug-likeness (QED) is 0.814. The summed E-state index contributed by atoms with van der Waals surface area (Å²) in [5, 5.41) is 0. The normalized spacial score (nSPS) is 21.2. The van der Waals surface area contributed by atoms with Gasteiger partial charge in [-0.25, -0.2) is 9.97 Å². The Hall–Kier alpha value is -2.83. The lowest BCUT2D eigenvalue weighted by atomic mass is 9.87. The number of methoxy groups -OCH3 is 1. The number of ether oxygens (including phenoxy) is 2. The van der Waals surface area contributed by atoms with Crippen LogP contribution in [0.4, 0.5) is 5.82 Å². The molecular weight excluding hydrogens is 332 g/mol. The van der Waals surface area contributed by atoms with Crippen molar-refractivity contribution in [3.8, 4) is 11.5 Å². The summed E-state index contributed by atoms with van der Waals surface area (Å²) < 4.78 is 10.8. The highest BCUT2D eigenvalue weighted by Crippen LogP contribution is 2.34. The van der Waals surface area contributed by atoms with Gasteiger partial charge in [-0.05, 0) is 25.5 Å². The van der Waals surface area contributed by atoms with Crippen LogP contribution in [0.2, 0.25) is 0 Å². The Balaban J connectivity index is 1.34. The Morgan fingerprint density at radius 3 is 2.69 bits per heavy atom. The molecule has 0 aliphatic carbocycles. The number of hydrogen-bond acceptors (Lipinski definition) is 6. The fourth-order valence-corrected chi connectivity index (χ4v) is 3.73. The van der Waals surface area contributed by atoms with Gasteiger partial charge >= 0.3 is 0 Å². The number of carbonyl (C=O) groups is 1. The highest BCUT2D eigenvalue weighted by atomic mass is 16.5. The first-order valence-electron chi connectivity index (χ1n) is 8.75. The van der Waals surface area contributed by atoms with Crippen molar-refractivity contribution in [2.45, 2.75) is 25.4 Å². The minimum absolute atomic E-state index is 0.0348. The average Bonchev–Trinajstić information content (AvgIpc) is 2.66. The van der Waals surface area contributed by atoms with E-state index in [0.29, 0.717) is 11.5 Å². The zero-order chi connectivity index (χ0) is 18.1. The van der Waals surface area contributed by atoms with E-state index in [4.69, 9.17) is 9.47 Å². The molecule has 26 heavy (non-hydrogen) atoms. The minimum Gasteiger partial charge on any atom is -0.497 e. The number of fused-ring (bicyclic) bond motifs is 2. The third-order valence-corrected chi connectivity index (χ3v) is 5.00. The van der Waals surface area contributed by atoms with Crippen molar-refractivity contribution < 1.29 is 14.3 Å². The first-order valence-corrected chi connectivity index (χ1v) is 8.75. The van der Waals surface area contributed by atoms with Crippen LogP contribution in [-0.4, -0.2) is 59.7 Å². The van der Waals surface area contributed by atoms with E-state index in [1.54, 1.807) is 19.5 Å². The summed E-state index contributed by atoms with van der Waals surface area (Å²) in [6.45, 7) is 3.62. The second-order valence-corrected chi connectivity index (χ2v) is 6.73. The van der Waals surface area contributed by atoms with Gasteiger partial charge < -0.3 is 19.3 Å². The molecule has 7 nitrogen and oxygen atoms in total. The van der Waals surface area contributed by atoms with Gasteiger partial charge in [0.1, 0.15) is 23.6 Å².